The summed E-state index contributed by atoms with van der Waals surface area (Å²) < 4.78 is 5.26. The molecule has 1 amide bonds. The molecule has 0 bridgehead atoms. The van der Waals surface area contributed by atoms with Gasteiger partial charge in [0.2, 0.25) is 0 Å². The van der Waals surface area contributed by atoms with E-state index in [1.807, 2.05) is 20.8 Å². The summed E-state index contributed by atoms with van der Waals surface area (Å²) in [5.41, 5.74) is -2.39. The number of hydrogen-bond acceptors (Lipinski definition) is 4. The van der Waals surface area contributed by atoms with Crippen LogP contribution < -0.4 is 5.63 Å². The summed E-state index contributed by atoms with van der Waals surface area (Å²) in [7, 11) is 0. The van der Waals surface area contributed by atoms with Gasteiger partial charge >= 0.3 is 5.63 Å². The largest absolute Gasteiger partial charge is 0.422 e. The molecular weight excluding hydrogens is 270 g/mol. The molecular formula is C16H17NO4. The highest BCUT2D eigenvalue weighted by Crippen LogP contribution is 2.42. The molecule has 3 rings (SSSR count). The fraction of sp³-hybridized carbons (Fsp3) is 0.375. The molecule has 0 spiro atoms. The first-order valence-corrected chi connectivity index (χ1v) is 6.79. The van der Waals surface area contributed by atoms with Crippen LogP contribution in [0.4, 0.5) is 0 Å². The fourth-order valence-corrected chi connectivity index (χ4v) is 3.18. The van der Waals surface area contributed by atoms with E-state index < -0.39 is 16.9 Å². The maximum Gasteiger partial charge on any atom is 0.345 e. The van der Waals surface area contributed by atoms with Crippen LogP contribution in [0.15, 0.2) is 33.5 Å². The SMILES string of the molecule is CC(C)(C)N1C(=O)c2c(c(=O)oc3ccccc23)C1(C)O. The van der Waals surface area contributed by atoms with E-state index in [-0.39, 0.29) is 17.0 Å². The highest BCUT2D eigenvalue weighted by Gasteiger charge is 2.52. The Morgan fingerprint density at radius 3 is 2.43 bits per heavy atom. The quantitative estimate of drug-likeness (QED) is 0.754. The standard InChI is InChI=1S/C16H17NO4/c1-15(2,3)17-13(18)11-9-7-5-6-8-10(9)21-14(19)12(11)16(17,4)20/h5-8,20H,1-4H3. The lowest BCUT2D eigenvalue weighted by molar-refractivity contribution is -0.106. The Morgan fingerprint density at radius 1 is 1.19 bits per heavy atom. The topological polar surface area (TPSA) is 70.8 Å². The molecule has 1 aliphatic rings. The van der Waals surface area contributed by atoms with Gasteiger partial charge in [-0.3, -0.25) is 4.79 Å². The molecule has 110 valence electrons. The van der Waals surface area contributed by atoms with Crippen molar-refractivity contribution in [3.8, 4) is 0 Å². The molecule has 5 heteroatoms. The third-order valence-corrected chi connectivity index (χ3v) is 3.81. The van der Waals surface area contributed by atoms with Gasteiger partial charge in [0.15, 0.2) is 5.72 Å². The fourth-order valence-electron chi connectivity index (χ4n) is 3.18. The predicted molar refractivity (Wildman–Crippen MR) is 78.0 cm³/mol. The van der Waals surface area contributed by atoms with Gasteiger partial charge in [-0.25, -0.2) is 4.79 Å². The lowest BCUT2D eigenvalue weighted by Gasteiger charge is -2.40. The Kier molecular flexibility index (Phi) is 2.60. The summed E-state index contributed by atoms with van der Waals surface area (Å²) in [4.78, 5) is 26.4. The Hall–Kier alpha value is -2.14. The van der Waals surface area contributed by atoms with Gasteiger partial charge in [0.1, 0.15) is 11.1 Å². The van der Waals surface area contributed by atoms with Gasteiger partial charge in [0.25, 0.3) is 5.91 Å². The van der Waals surface area contributed by atoms with Crippen molar-refractivity contribution < 1.29 is 14.3 Å². The zero-order valence-electron chi connectivity index (χ0n) is 12.4. The third-order valence-electron chi connectivity index (χ3n) is 3.81. The van der Waals surface area contributed by atoms with Crippen LogP contribution >= 0.6 is 0 Å². The molecule has 0 saturated carbocycles. The summed E-state index contributed by atoms with van der Waals surface area (Å²) >= 11 is 0. The Morgan fingerprint density at radius 2 is 1.81 bits per heavy atom. The maximum atomic E-state index is 12.8. The van der Waals surface area contributed by atoms with E-state index in [4.69, 9.17) is 4.42 Å². The van der Waals surface area contributed by atoms with Gasteiger partial charge in [0, 0.05) is 10.9 Å². The molecule has 0 aliphatic carbocycles. The van der Waals surface area contributed by atoms with Crippen LogP contribution in [0.1, 0.15) is 43.6 Å². The first-order valence-electron chi connectivity index (χ1n) is 6.79. The number of para-hydroxylation sites is 1. The monoisotopic (exact) mass is 287 g/mol. The molecule has 0 radical (unpaired) electrons. The van der Waals surface area contributed by atoms with Gasteiger partial charge in [0.05, 0.1) is 5.56 Å². The van der Waals surface area contributed by atoms with Crippen molar-refractivity contribution in [1.29, 1.82) is 0 Å². The zero-order chi connectivity index (χ0) is 15.6. The summed E-state index contributed by atoms with van der Waals surface area (Å²) in [5.74, 6) is -0.355. The number of amides is 1. The summed E-state index contributed by atoms with van der Waals surface area (Å²) in [6, 6.07) is 6.86. The number of nitrogens with zero attached hydrogens (tertiary/aromatic N) is 1. The van der Waals surface area contributed by atoms with Crippen molar-refractivity contribution in [2.75, 3.05) is 0 Å². The van der Waals surface area contributed by atoms with E-state index in [0.717, 1.165) is 0 Å². The molecule has 0 saturated heterocycles. The molecule has 1 unspecified atom stereocenters. The van der Waals surface area contributed by atoms with Crippen LogP contribution in [0.2, 0.25) is 0 Å². The molecule has 1 atom stereocenters. The van der Waals surface area contributed by atoms with E-state index in [1.54, 1.807) is 24.3 Å². The molecule has 2 aromatic rings. The van der Waals surface area contributed by atoms with Crippen molar-refractivity contribution in [2.45, 2.75) is 39.0 Å². The van der Waals surface area contributed by atoms with Crippen LogP contribution in [-0.2, 0) is 5.72 Å². The van der Waals surface area contributed by atoms with E-state index in [2.05, 4.69) is 0 Å². The van der Waals surface area contributed by atoms with Gasteiger partial charge in [-0.2, -0.15) is 0 Å². The normalized spacial score (nSPS) is 22.0. The molecule has 1 N–H and O–H groups in total. The predicted octanol–water partition coefficient (Wildman–Crippen LogP) is 2.21. The number of rotatable bonds is 0. The zero-order valence-corrected chi connectivity index (χ0v) is 12.4. The van der Waals surface area contributed by atoms with Crippen LogP contribution in [-0.4, -0.2) is 21.5 Å². The molecule has 21 heavy (non-hydrogen) atoms. The van der Waals surface area contributed by atoms with E-state index in [9.17, 15) is 14.7 Å². The minimum atomic E-state index is -1.69. The lowest BCUT2D eigenvalue weighted by Crippen LogP contribution is -2.53. The van der Waals surface area contributed by atoms with Gasteiger partial charge in [-0.05, 0) is 33.8 Å². The second kappa shape index (κ2) is 3.95. The summed E-state index contributed by atoms with van der Waals surface area (Å²) in [6.45, 7) is 6.90. The van der Waals surface area contributed by atoms with Gasteiger partial charge in [-0.1, -0.05) is 18.2 Å². The van der Waals surface area contributed by atoms with Crippen molar-refractivity contribution in [1.82, 2.24) is 4.90 Å². The second-order valence-electron chi connectivity index (χ2n) is 6.47. The van der Waals surface area contributed by atoms with E-state index >= 15 is 0 Å². The Balaban J connectivity index is 2.45. The Bertz CT molecular complexity index is 811. The number of fused-ring (bicyclic) bond motifs is 3. The van der Waals surface area contributed by atoms with Gasteiger partial charge in [-0.15, -0.1) is 0 Å². The minimum absolute atomic E-state index is 0.0149. The number of hydrogen-bond donors (Lipinski definition) is 1. The first-order chi connectivity index (χ1) is 9.65. The van der Waals surface area contributed by atoms with Crippen molar-refractivity contribution >= 4 is 16.9 Å². The number of carbonyl (C=O) groups is 1. The third kappa shape index (κ3) is 1.74. The highest BCUT2D eigenvalue weighted by molar-refractivity contribution is 6.09. The summed E-state index contributed by atoms with van der Waals surface area (Å²) in [5, 5.41) is 11.3. The van der Waals surface area contributed by atoms with Gasteiger partial charge < -0.3 is 14.4 Å². The minimum Gasteiger partial charge on any atom is -0.422 e. The van der Waals surface area contributed by atoms with E-state index in [1.165, 1.54) is 11.8 Å². The number of carbonyl (C=O) groups excluding carboxylic acids is 1. The lowest BCUT2D eigenvalue weighted by atomic mass is 10.00. The first kappa shape index (κ1) is 13.8. The molecule has 1 aromatic carbocycles. The molecule has 5 nitrogen and oxygen atoms in total. The summed E-state index contributed by atoms with van der Waals surface area (Å²) in [6.07, 6.45) is 0. The number of aliphatic hydroxyl groups is 1. The van der Waals surface area contributed by atoms with Crippen LogP contribution in [0.25, 0.3) is 11.0 Å². The average molecular weight is 287 g/mol. The van der Waals surface area contributed by atoms with Crippen LogP contribution in [0.5, 0.6) is 0 Å². The highest BCUT2D eigenvalue weighted by atomic mass is 16.4. The average Bonchev–Trinajstić information content (AvgIpc) is 2.56. The smallest absolute Gasteiger partial charge is 0.345 e. The van der Waals surface area contributed by atoms with Crippen molar-refractivity contribution in [3.05, 3.63) is 45.8 Å². The second-order valence-corrected chi connectivity index (χ2v) is 6.47. The molecule has 1 aromatic heterocycles. The van der Waals surface area contributed by atoms with Crippen molar-refractivity contribution in [3.63, 3.8) is 0 Å². The Labute approximate surface area is 121 Å². The van der Waals surface area contributed by atoms with Crippen molar-refractivity contribution in [2.24, 2.45) is 0 Å². The van der Waals surface area contributed by atoms with Crippen LogP contribution in [0, 0.1) is 0 Å². The number of benzene rings is 1. The molecule has 2 heterocycles. The molecule has 1 aliphatic heterocycles. The molecule has 0 fully saturated rings. The van der Waals surface area contributed by atoms with Crippen LogP contribution in [0.3, 0.4) is 0 Å². The maximum absolute atomic E-state index is 12.8. The van der Waals surface area contributed by atoms with E-state index in [0.29, 0.717) is 11.0 Å².